The first-order valence-corrected chi connectivity index (χ1v) is 31.0. The van der Waals surface area contributed by atoms with Gasteiger partial charge in [0.25, 0.3) is 0 Å². The maximum atomic E-state index is 12.9. The fraction of sp³-hybridized carbons (Fsp3) is 0.567. The third-order valence-corrected chi connectivity index (χ3v) is 12.9. The molecular formula is C67H110N2O6P+. The highest BCUT2D eigenvalue weighted by molar-refractivity contribution is 7.47. The molecular weight excluding hydrogens is 960 g/mol. The van der Waals surface area contributed by atoms with Crippen molar-refractivity contribution in [3.05, 3.63) is 170 Å². The van der Waals surface area contributed by atoms with Gasteiger partial charge in [-0.15, -0.1) is 0 Å². The zero-order valence-corrected chi connectivity index (χ0v) is 49.6. The van der Waals surface area contributed by atoms with Crippen molar-refractivity contribution >= 4 is 13.7 Å². The fourth-order valence-electron chi connectivity index (χ4n) is 7.33. The number of aliphatic hydroxyl groups is 1. The molecule has 0 aliphatic rings. The molecule has 3 unspecified atom stereocenters. The van der Waals surface area contributed by atoms with E-state index in [1.807, 2.05) is 27.2 Å². The van der Waals surface area contributed by atoms with Crippen LogP contribution in [-0.4, -0.2) is 73.4 Å². The Labute approximate surface area is 466 Å². The molecule has 8 nitrogen and oxygen atoms in total. The number of phosphoric ester groups is 1. The number of rotatable bonds is 51. The van der Waals surface area contributed by atoms with Crippen molar-refractivity contribution in [1.82, 2.24) is 5.32 Å². The Hall–Kier alpha value is -4.14. The largest absolute Gasteiger partial charge is 0.472 e. The highest BCUT2D eigenvalue weighted by atomic mass is 31.2. The lowest BCUT2D eigenvalue weighted by atomic mass is 10.1. The number of nitrogens with zero attached hydrogens (tertiary/aromatic N) is 1. The van der Waals surface area contributed by atoms with E-state index < -0.39 is 20.0 Å². The van der Waals surface area contributed by atoms with Crippen LogP contribution in [0.4, 0.5) is 0 Å². The molecule has 0 radical (unpaired) electrons. The molecule has 0 aromatic carbocycles. The number of nitrogens with one attached hydrogen (secondary N) is 1. The first-order chi connectivity index (χ1) is 37.0. The molecule has 0 saturated carbocycles. The van der Waals surface area contributed by atoms with E-state index in [1.165, 1.54) is 57.8 Å². The maximum Gasteiger partial charge on any atom is 0.472 e. The molecule has 0 bridgehead atoms. The lowest BCUT2D eigenvalue weighted by Crippen LogP contribution is -2.45. The van der Waals surface area contributed by atoms with Crippen LogP contribution in [0.15, 0.2) is 170 Å². The van der Waals surface area contributed by atoms with Crippen molar-refractivity contribution < 1.29 is 32.9 Å². The molecule has 0 spiro atoms. The Morgan fingerprint density at radius 2 is 0.803 bits per heavy atom. The second-order valence-electron chi connectivity index (χ2n) is 20.3. The Morgan fingerprint density at radius 1 is 0.461 bits per heavy atom. The molecule has 428 valence electrons. The topological polar surface area (TPSA) is 105 Å². The summed E-state index contributed by atoms with van der Waals surface area (Å²) in [4.78, 5) is 23.2. The molecule has 0 heterocycles. The van der Waals surface area contributed by atoms with Gasteiger partial charge >= 0.3 is 7.82 Å². The van der Waals surface area contributed by atoms with Gasteiger partial charge in [-0.3, -0.25) is 13.8 Å². The van der Waals surface area contributed by atoms with Crippen LogP contribution in [0.3, 0.4) is 0 Å². The Balaban J connectivity index is 4.30. The number of unbranched alkanes of at least 4 members (excludes halogenated alkanes) is 12. The number of carbonyl (C=O) groups excluding carboxylic acids is 1. The Bertz CT molecular complexity index is 1840. The lowest BCUT2D eigenvalue weighted by Gasteiger charge is -2.25. The van der Waals surface area contributed by atoms with Crippen LogP contribution in [0.25, 0.3) is 0 Å². The number of aliphatic hydroxyl groups excluding tert-OH is 1. The number of amides is 1. The standard InChI is InChI=1S/C67H109N2O6P/c1-6-8-10-12-14-16-18-20-22-23-24-25-26-27-28-29-30-31-32-33-34-35-36-37-38-39-40-41-42-43-44-45-47-49-51-53-55-57-59-61-67(71)68-65(64-75-76(72,73)74-63-62-69(3,4)5)66(70)60-58-56-54-52-50-48-46-21-19-17-15-13-11-9-7-2/h8,10,14,16,20,22,24-25,27-28,30-31,33-34,36-37,39-40,42-43,45,47,50-53,58,60,65-66,70H,6-7,9,11-13,15,17-19,21,23,26,29,32,35,38,41,44,46,48-49,54-57,59,61-64H2,1-5H3,(H-,68,71,72,73)/p+1/b10-8-,16-14-,22-20-,25-24-,28-27-,31-30-,34-33-,37-36-,40-39-,43-42-,47-45-,52-50+,53-51-,60-58+. The van der Waals surface area contributed by atoms with Gasteiger partial charge in [0.15, 0.2) is 0 Å². The highest BCUT2D eigenvalue weighted by Crippen LogP contribution is 2.43. The molecule has 0 aromatic rings. The monoisotopic (exact) mass is 1070 g/mol. The molecule has 0 saturated heterocycles. The summed E-state index contributed by atoms with van der Waals surface area (Å²) < 4.78 is 23.6. The maximum absolute atomic E-state index is 12.9. The second kappa shape index (κ2) is 55.6. The van der Waals surface area contributed by atoms with Gasteiger partial charge < -0.3 is 19.8 Å². The third-order valence-electron chi connectivity index (χ3n) is 11.9. The van der Waals surface area contributed by atoms with Gasteiger partial charge in [-0.25, -0.2) is 4.57 Å². The number of hydrogen-bond acceptors (Lipinski definition) is 5. The number of phosphoric acid groups is 1. The highest BCUT2D eigenvalue weighted by Gasteiger charge is 2.27. The SMILES string of the molecule is CC/C=C\C/C=C\C/C=C\C/C=C\C/C=C\C/C=C\C/C=C\C/C=C\C/C=C\C/C=C\C/C=C\C/C=C\CCCCC(=O)NC(COP(=O)(O)OCC[N+](C)(C)C)C(O)/C=C/CC/C=C/CCCCCCCCCCC. The minimum atomic E-state index is -4.38. The van der Waals surface area contributed by atoms with Crippen LogP contribution < -0.4 is 5.32 Å². The smallest absolute Gasteiger partial charge is 0.387 e. The minimum absolute atomic E-state index is 0.0380. The zero-order chi connectivity index (χ0) is 55.6. The number of quaternary nitrogens is 1. The van der Waals surface area contributed by atoms with Crippen LogP contribution in [0.5, 0.6) is 0 Å². The predicted octanol–water partition coefficient (Wildman–Crippen LogP) is 18.4. The molecule has 3 atom stereocenters. The van der Waals surface area contributed by atoms with Crippen molar-refractivity contribution in [3.63, 3.8) is 0 Å². The molecule has 0 rings (SSSR count). The average Bonchev–Trinajstić information content (AvgIpc) is 3.38. The minimum Gasteiger partial charge on any atom is -0.387 e. The second-order valence-corrected chi connectivity index (χ2v) is 21.7. The van der Waals surface area contributed by atoms with E-state index in [0.717, 1.165) is 109 Å². The van der Waals surface area contributed by atoms with Gasteiger partial charge in [0, 0.05) is 6.42 Å². The van der Waals surface area contributed by atoms with Gasteiger partial charge in [-0.05, 0) is 122 Å². The Morgan fingerprint density at radius 3 is 1.21 bits per heavy atom. The third kappa shape index (κ3) is 57.6. The van der Waals surface area contributed by atoms with Crippen LogP contribution in [0, 0.1) is 0 Å². The van der Waals surface area contributed by atoms with E-state index in [2.05, 4.69) is 177 Å². The van der Waals surface area contributed by atoms with Crippen molar-refractivity contribution in [2.75, 3.05) is 40.9 Å². The Kier molecular flexibility index (Phi) is 52.6. The van der Waals surface area contributed by atoms with E-state index in [0.29, 0.717) is 17.4 Å². The summed E-state index contributed by atoms with van der Waals surface area (Å²) >= 11 is 0. The van der Waals surface area contributed by atoms with E-state index >= 15 is 0 Å². The molecule has 0 aliphatic heterocycles. The van der Waals surface area contributed by atoms with Gasteiger partial charge in [-0.2, -0.15) is 0 Å². The zero-order valence-electron chi connectivity index (χ0n) is 48.7. The fourth-order valence-corrected chi connectivity index (χ4v) is 8.07. The van der Waals surface area contributed by atoms with Crippen LogP contribution >= 0.6 is 7.82 Å². The molecule has 76 heavy (non-hydrogen) atoms. The van der Waals surface area contributed by atoms with Crippen molar-refractivity contribution in [2.45, 2.75) is 206 Å². The van der Waals surface area contributed by atoms with Crippen LogP contribution in [0.2, 0.25) is 0 Å². The molecule has 1 amide bonds. The molecule has 3 N–H and O–H groups in total. The van der Waals surface area contributed by atoms with Crippen LogP contribution in [0.1, 0.15) is 194 Å². The number of likely N-dealkylation sites (N-methyl/N-ethyl adjacent to an activating group) is 1. The van der Waals surface area contributed by atoms with Gasteiger partial charge in [0.05, 0.1) is 39.9 Å². The summed E-state index contributed by atoms with van der Waals surface area (Å²) in [5, 5.41) is 13.8. The van der Waals surface area contributed by atoms with E-state index in [1.54, 1.807) is 6.08 Å². The summed E-state index contributed by atoms with van der Waals surface area (Å²) in [5.74, 6) is -0.237. The summed E-state index contributed by atoms with van der Waals surface area (Å²) in [6.45, 7) is 4.61. The average molecular weight is 1070 g/mol. The quantitative estimate of drug-likeness (QED) is 0.0243. The molecule has 9 heteroatoms. The summed E-state index contributed by atoms with van der Waals surface area (Å²) in [5.41, 5.74) is 0. The number of allylic oxidation sites excluding steroid dienone is 27. The van der Waals surface area contributed by atoms with Gasteiger partial charge in [0.2, 0.25) is 5.91 Å². The van der Waals surface area contributed by atoms with Crippen LogP contribution in [-0.2, 0) is 18.4 Å². The lowest BCUT2D eigenvalue weighted by molar-refractivity contribution is -0.870. The molecule has 0 aromatic heterocycles. The first kappa shape index (κ1) is 71.9. The van der Waals surface area contributed by atoms with E-state index in [-0.39, 0.29) is 25.5 Å². The molecule has 0 fully saturated rings. The summed E-state index contributed by atoms with van der Waals surface area (Å²) in [7, 11) is 1.50. The van der Waals surface area contributed by atoms with Gasteiger partial charge in [0.1, 0.15) is 13.2 Å². The number of carbonyl (C=O) groups is 1. The van der Waals surface area contributed by atoms with Gasteiger partial charge in [-0.1, -0.05) is 235 Å². The van der Waals surface area contributed by atoms with Crippen molar-refractivity contribution in [1.29, 1.82) is 0 Å². The summed E-state index contributed by atoms with van der Waals surface area (Å²) in [6, 6.07) is -0.900. The molecule has 0 aliphatic carbocycles. The van der Waals surface area contributed by atoms with Crippen molar-refractivity contribution in [2.24, 2.45) is 0 Å². The first-order valence-electron chi connectivity index (χ1n) is 29.5. The predicted molar refractivity (Wildman–Crippen MR) is 331 cm³/mol. The number of hydrogen-bond donors (Lipinski definition) is 3. The normalized spacial score (nSPS) is 15.1. The van der Waals surface area contributed by atoms with E-state index in [4.69, 9.17) is 9.05 Å². The van der Waals surface area contributed by atoms with E-state index in [9.17, 15) is 19.4 Å². The van der Waals surface area contributed by atoms with Crippen molar-refractivity contribution in [3.8, 4) is 0 Å². The summed E-state index contributed by atoms with van der Waals surface area (Å²) in [6.07, 6.45) is 89.0.